The highest BCUT2D eigenvalue weighted by atomic mass is 16.7. The molecule has 1 heterocycles. The lowest BCUT2D eigenvalue weighted by Gasteiger charge is -2.16. The van der Waals surface area contributed by atoms with E-state index >= 15 is 0 Å². The number of nitrogens with zero attached hydrogens (tertiary/aromatic N) is 1. The fourth-order valence-corrected chi connectivity index (χ4v) is 1.22. The van der Waals surface area contributed by atoms with Gasteiger partial charge in [-0.15, -0.1) is 0 Å². The quantitative estimate of drug-likeness (QED) is 0.652. The second-order valence-corrected chi connectivity index (χ2v) is 3.72. The van der Waals surface area contributed by atoms with Crippen LogP contribution in [0, 0.1) is 5.92 Å². The number of rotatable bonds is 3. The Morgan fingerprint density at radius 1 is 1.69 bits per heavy atom. The van der Waals surface area contributed by atoms with Gasteiger partial charge in [0.1, 0.15) is 6.54 Å². The Morgan fingerprint density at radius 3 is 2.69 bits per heavy atom. The monoisotopic (exact) mass is 185 g/mol. The van der Waals surface area contributed by atoms with E-state index in [2.05, 4.69) is 0 Å². The third-order valence-electron chi connectivity index (χ3n) is 2.03. The second-order valence-electron chi connectivity index (χ2n) is 3.72. The molecule has 1 saturated heterocycles. The molecular weight excluding hydrogens is 170 g/mol. The Labute approximate surface area is 77.8 Å². The zero-order valence-corrected chi connectivity index (χ0v) is 8.24. The predicted molar refractivity (Wildman–Crippen MR) is 46.7 cm³/mol. The molecule has 1 unspecified atom stereocenters. The van der Waals surface area contributed by atoms with Crippen molar-refractivity contribution in [3.05, 3.63) is 0 Å². The number of carbonyl (C=O) groups excluding carboxylic acids is 2. The van der Waals surface area contributed by atoms with Crippen LogP contribution in [0.3, 0.4) is 0 Å². The summed E-state index contributed by atoms with van der Waals surface area (Å²) in [6.45, 7) is 5.51. The van der Waals surface area contributed by atoms with Gasteiger partial charge in [-0.05, 0) is 12.8 Å². The molecule has 0 bridgehead atoms. The van der Waals surface area contributed by atoms with Gasteiger partial charge in [0.2, 0.25) is 5.91 Å². The largest absolute Gasteiger partial charge is 0.298 e. The summed E-state index contributed by atoms with van der Waals surface area (Å²) in [5, 5.41) is 1.17. The normalized spacial score (nSPS) is 22.9. The van der Waals surface area contributed by atoms with E-state index in [1.165, 1.54) is 12.0 Å². The summed E-state index contributed by atoms with van der Waals surface area (Å²) < 4.78 is 0. The third-order valence-corrected chi connectivity index (χ3v) is 2.03. The highest BCUT2D eigenvalue weighted by molar-refractivity contribution is 5.84. The minimum absolute atomic E-state index is 0.0576. The van der Waals surface area contributed by atoms with Crippen molar-refractivity contribution in [3.8, 4) is 0 Å². The van der Waals surface area contributed by atoms with Crippen LogP contribution in [-0.4, -0.2) is 29.4 Å². The number of hydroxylamine groups is 2. The van der Waals surface area contributed by atoms with Crippen LogP contribution < -0.4 is 0 Å². The summed E-state index contributed by atoms with van der Waals surface area (Å²) in [5.41, 5.74) is 0. The molecule has 4 heteroatoms. The maximum Gasteiger partial charge on any atom is 0.249 e. The molecule has 1 rings (SSSR count). The second kappa shape index (κ2) is 3.87. The summed E-state index contributed by atoms with van der Waals surface area (Å²) in [7, 11) is 0. The van der Waals surface area contributed by atoms with Crippen molar-refractivity contribution >= 4 is 11.7 Å². The number of amides is 1. The summed E-state index contributed by atoms with van der Waals surface area (Å²) in [5.74, 6) is 0.160. The standard InChI is InChI=1S/C9H15NO3/c1-6(2)8-4-9(12)10(13-8)5-7(3)11/h6,8H,4-5H2,1-3H3. The van der Waals surface area contributed by atoms with Crippen molar-refractivity contribution < 1.29 is 14.4 Å². The molecule has 0 aromatic heterocycles. The maximum atomic E-state index is 11.3. The Balaban J connectivity index is 2.51. The van der Waals surface area contributed by atoms with Crippen LogP contribution in [-0.2, 0) is 14.4 Å². The van der Waals surface area contributed by atoms with E-state index < -0.39 is 0 Å². The van der Waals surface area contributed by atoms with Crippen LogP contribution in [0.25, 0.3) is 0 Å². The van der Waals surface area contributed by atoms with Crippen molar-refractivity contribution in [1.29, 1.82) is 0 Å². The average Bonchev–Trinajstić information content (AvgIpc) is 2.31. The van der Waals surface area contributed by atoms with Crippen molar-refractivity contribution in [1.82, 2.24) is 5.06 Å². The first-order valence-electron chi connectivity index (χ1n) is 4.47. The fourth-order valence-electron chi connectivity index (χ4n) is 1.22. The van der Waals surface area contributed by atoms with Crippen molar-refractivity contribution in [2.24, 2.45) is 5.92 Å². The van der Waals surface area contributed by atoms with Crippen LogP contribution in [0.1, 0.15) is 27.2 Å². The van der Waals surface area contributed by atoms with Gasteiger partial charge in [-0.25, -0.2) is 5.06 Å². The topological polar surface area (TPSA) is 46.6 Å². The SMILES string of the molecule is CC(=O)CN1OC(C(C)C)CC1=O. The Hall–Kier alpha value is -0.900. The number of ketones is 1. The lowest BCUT2D eigenvalue weighted by molar-refractivity contribution is -0.179. The van der Waals surface area contributed by atoms with Gasteiger partial charge < -0.3 is 0 Å². The van der Waals surface area contributed by atoms with Gasteiger partial charge in [-0.2, -0.15) is 0 Å². The maximum absolute atomic E-state index is 11.3. The van der Waals surface area contributed by atoms with E-state index in [-0.39, 0.29) is 24.3 Å². The number of Topliss-reactive ketones (excluding diaryl/α,β-unsaturated/α-hetero) is 1. The molecule has 74 valence electrons. The lowest BCUT2D eigenvalue weighted by atomic mass is 10.1. The fraction of sp³-hybridized carbons (Fsp3) is 0.778. The van der Waals surface area contributed by atoms with Gasteiger partial charge in [-0.3, -0.25) is 14.4 Å². The number of hydrogen-bond donors (Lipinski definition) is 0. The molecule has 1 atom stereocenters. The first kappa shape index (κ1) is 10.2. The van der Waals surface area contributed by atoms with Crippen LogP contribution in [0.15, 0.2) is 0 Å². The van der Waals surface area contributed by atoms with Crippen molar-refractivity contribution in [2.75, 3.05) is 6.54 Å². The first-order valence-corrected chi connectivity index (χ1v) is 4.47. The third kappa shape index (κ3) is 2.52. The molecule has 0 N–H and O–H groups in total. The number of carbonyl (C=O) groups is 2. The van der Waals surface area contributed by atoms with Crippen LogP contribution in [0.4, 0.5) is 0 Å². The highest BCUT2D eigenvalue weighted by Gasteiger charge is 2.33. The Morgan fingerprint density at radius 2 is 2.31 bits per heavy atom. The van der Waals surface area contributed by atoms with E-state index in [4.69, 9.17) is 4.84 Å². The van der Waals surface area contributed by atoms with Crippen LogP contribution in [0.5, 0.6) is 0 Å². The van der Waals surface area contributed by atoms with Gasteiger partial charge >= 0.3 is 0 Å². The van der Waals surface area contributed by atoms with E-state index in [0.29, 0.717) is 12.3 Å². The van der Waals surface area contributed by atoms with Gasteiger partial charge in [0.15, 0.2) is 5.78 Å². The number of hydrogen-bond acceptors (Lipinski definition) is 3. The molecule has 0 spiro atoms. The summed E-state index contributed by atoms with van der Waals surface area (Å²) in [6.07, 6.45) is 0.331. The summed E-state index contributed by atoms with van der Waals surface area (Å²) >= 11 is 0. The molecular formula is C9H15NO3. The molecule has 13 heavy (non-hydrogen) atoms. The van der Waals surface area contributed by atoms with Gasteiger partial charge in [-0.1, -0.05) is 13.8 Å². The van der Waals surface area contributed by atoms with Crippen molar-refractivity contribution in [2.45, 2.75) is 33.3 Å². The first-order chi connectivity index (χ1) is 6.00. The molecule has 0 radical (unpaired) electrons. The molecule has 1 aliphatic rings. The Bertz CT molecular complexity index is 225. The minimum Gasteiger partial charge on any atom is -0.298 e. The van der Waals surface area contributed by atoms with Crippen molar-refractivity contribution in [3.63, 3.8) is 0 Å². The molecule has 1 aliphatic heterocycles. The van der Waals surface area contributed by atoms with E-state index in [1.807, 2.05) is 13.8 Å². The molecule has 0 aromatic carbocycles. The Kier molecular flexibility index (Phi) is 3.03. The van der Waals surface area contributed by atoms with E-state index in [0.717, 1.165) is 0 Å². The molecule has 0 aliphatic carbocycles. The minimum atomic E-state index is -0.0890. The van der Waals surface area contributed by atoms with Gasteiger partial charge in [0.25, 0.3) is 0 Å². The van der Waals surface area contributed by atoms with Crippen LogP contribution in [0.2, 0.25) is 0 Å². The summed E-state index contributed by atoms with van der Waals surface area (Å²) in [4.78, 5) is 27.3. The zero-order chi connectivity index (χ0) is 10.0. The average molecular weight is 185 g/mol. The summed E-state index contributed by atoms with van der Waals surface area (Å²) in [6, 6.07) is 0. The van der Waals surface area contributed by atoms with Gasteiger partial charge in [0, 0.05) is 0 Å². The van der Waals surface area contributed by atoms with E-state index in [1.54, 1.807) is 0 Å². The molecule has 1 amide bonds. The highest BCUT2D eigenvalue weighted by Crippen LogP contribution is 2.21. The molecule has 1 fully saturated rings. The lowest BCUT2D eigenvalue weighted by Crippen LogP contribution is -2.29. The van der Waals surface area contributed by atoms with Gasteiger partial charge in [0.05, 0.1) is 12.5 Å². The predicted octanol–water partition coefficient (Wildman–Crippen LogP) is 0.764. The van der Waals surface area contributed by atoms with E-state index in [9.17, 15) is 9.59 Å². The molecule has 0 aromatic rings. The smallest absolute Gasteiger partial charge is 0.249 e. The molecule has 4 nitrogen and oxygen atoms in total. The van der Waals surface area contributed by atoms with Crippen LogP contribution >= 0.6 is 0 Å². The molecule has 0 saturated carbocycles. The zero-order valence-electron chi connectivity index (χ0n) is 8.24.